The summed E-state index contributed by atoms with van der Waals surface area (Å²) in [6, 6.07) is 7.42. The second-order valence-electron chi connectivity index (χ2n) is 4.25. The van der Waals surface area contributed by atoms with Crippen LogP contribution in [0.1, 0.15) is 21.6 Å². The quantitative estimate of drug-likeness (QED) is 0.830. The molecule has 106 valence electrons. The molecule has 0 saturated carbocycles. The van der Waals surface area contributed by atoms with Gasteiger partial charge in [-0.3, -0.25) is 9.78 Å². The van der Waals surface area contributed by atoms with Crippen LogP contribution in [0.25, 0.3) is 0 Å². The highest BCUT2D eigenvalue weighted by atomic mass is 19.1. The van der Waals surface area contributed by atoms with Crippen molar-refractivity contribution in [3.8, 4) is 11.8 Å². The maximum Gasteiger partial charge on any atom is 0.255 e. The van der Waals surface area contributed by atoms with Crippen molar-refractivity contribution < 1.29 is 14.3 Å². The lowest BCUT2D eigenvalue weighted by Gasteiger charge is -2.07. The molecule has 2 aromatic rings. The van der Waals surface area contributed by atoms with Crippen LogP contribution in [-0.2, 0) is 0 Å². The highest BCUT2D eigenvalue weighted by Crippen LogP contribution is 2.14. The Labute approximate surface area is 121 Å². The highest BCUT2D eigenvalue weighted by Gasteiger charge is 2.10. The first kappa shape index (κ1) is 14.7. The Morgan fingerprint density at radius 1 is 1.43 bits per heavy atom. The number of benzene rings is 1. The monoisotopic (exact) mass is 284 g/mol. The molecule has 0 atom stereocenters. The minimum atomic E-state index is -0.605. The average molecular weight is 284 g/mol. The molecule has 0 bridgehead atoms. The molecule has 0 fully saturated rings. The summed E-state index contributed by atoms with van der Waals surface area (Å²) in [5, 5.41) is 11.3. The number of aliphatic hydroxyl groups is 1. The molecular formula is C16H13FN2O2. The molecule has 5 heteroatoms. The summed E-state index contributed by atoms with van der Waals surface area (Å²) in [4.78, 5) is 16.1. The van der Waals surface area contributed by atoms with E-state index in [4.69, 9.17) is 5.11 Å². The number of nitrogens with zero attached hydrogens (tertiary/aromatic N) is 1. The fourth-order valence-corrected chi connectivity index (χ4v) is 1.70. The number of aliphatic hydroxyl groups excluding tert-OH is 1. The molecule has 0 saturated heterocycles. The lowest BCUT2D eigenvalue weighted by Crippen LogP contribution is -2.13. The topological polar surface area (TPSA) is 62.2 Å². The number of anilines is 1. The number of aromatic nitrogens is 1. The predicted molar refractivity (Wildman–Crippen MR) is 77.3 cm³/mol. The van der Waals surface area contributed by atoms with Gasteiger partial charge in [0.25, 0.3) is 5.91 Å². The smallest absolute Gasteiger partial charge is 0.255 e. The zero-order valence-corrected chi connectivity index (χ0v) is 11.4. The minimum Gasteiger partial charge on any atom is -0.384 e. The number of halogens is 1. The third-order valence-electron chi connectivity index (χ3n) is 2.79. The van der Waals surface area contributed by atoms with Crippen molar-refractivity contribution in [2.45, 2.75) is 6.92 Å². The van der Waals surface area contributed by atoms with Crippen LogP contribution in [0.15, 0.2) is 36.5 Å². The van der Waals surface area contributed by atoms with Crippen LogP contribution >= 0.6 is 0 Å². The maximum absolute atomic E-state index is 13.8. The van der Waals surface area contributed by atoms with E-state index >= 15 is 0 Å². The molecule has 2 N–H and O–H groups in total. The Balaban J connectivity index is 2.21. The number of amides is 1. The summed E-state index contributed by atoms with van der Waals surface area (Å²) >= 11 is 0. The molecule has 1 amide bonds. The van der Waals surface area contributed by atoms with Gasteiger partial charge in [0.1, 0.15) is 12.4 Å². The SMILES string of the molecule is Cc1ncccc1NC(=O)c1ccc(C#CCO)c(F)c1. The number of pyridine rings is 1. The van der Waals surface area contributed by atoms with Gasteiger partial charge in [-0.2, -0.15) is 0 Å². The Hall–Kier alpha value is -2.71. The van der Waals surface area contributed by atoms with Crippen molar-refractivity contribution in [2.24, 2.45) is 0 Å². The van der Waals surface area contributed by atoms with E-state index < -0.39 is 11.7 Å². The van der Waals surface area contributed by atoms with Crippen molar-refractivity contribution in [3.05, 3.63) is 59.2 Å². The summed E-state index contributed by atoms with van der Waals surface area (Å²) in [5.74, 6) is 3.80. The van der Waals surface area contributed by atoms with Gasteiger partial charge in [-0.1, -0.05) is 11.8 Å². The molecule has 0 radical (unpaired) electrons. The molecule has 4 nitrogen and oxygen atoms in total. The molecule has 1 aromatic heterocycles. The van der Waals surface area contributed by atoms with Crippen molar-refractivity contribution >= 4 is 11.6 Å². The van der Waals surface area contributed by atoms with Gasteiger partial charge >= 0.3 is 0 Å². The normalized spacial score (nSPS) is 9.67. The van der Waals surface area contributed by atoms with Crippen molar-refractivity contribution in [1.82, 2.24) is 4.98 Å². The zero-order chi connectivity index (χ0) is 15.2. The Bertz CT molecular complexity index is 733. The maximum atomic E-state index is 13.8. The predicted octanol–water partition coefficient (Wildman–Crippen LogP) is 2.13. The second-order valence-corrected chi connectivity index (χ2v) is 4.25. The molecule has 0 unspecified atom stereocenters. The van der Waals surface area contributed by atoms with Crippen LogP contribution in [0.4, 0.5) is 10.1 Å². The van der Waals surface area contributed by atoms with Crippen molar-refractivity contribution in [3.63, 3.8) is 0 Å². The van der Waals surface area contributed by atoms with E-state index in [1.807, 2.05) is 0 Å². The van der Waals surface area contributed by atoms with E-state index in [0.29, 0.717) is 11.4 Å². The first-order valence-electron chi connectivity index (χ1n) is 6.24. The summed E-state index contributed by atoms with van der Waals surface area (Å²) < 4.78 is 13.8. The lowest BCUT2D eigenvalue weighted by atomic mass is 10.1. The van der Waals surface area contributed by atoms with Crippen LogP contribution < -0.4 is 5.32 Å². The number of nitrogens with one attached hydrogen (secondary N) is 1. The van der Waals surface area contributed by atoms with Gasteiger partial charge in [-0.15, -0.1) is 0 Å². The fraction of sp³-hybridized carbons (Fsp3) is 0.125. The van der Waals surface area contributed by atoms with Crippen LogP contribution in [0.3, 0.4) is 0 Å². The molecule has 2 rings (SSSR count). The van der Waals surface area contributed by atoms with Crippen LogP contribution in [-0.4, -0.2) is 22.6 Å². The third kappa shape index (κ3) is 3.65. The number of aryl methyl sites for hydroxylation is 1. The number of carbonyl (C=O) groups excluding carboxylic acids is 1. The van der Waals surface area contributed by atoms with E-state index in [1.165, 1.54) is 12.1 Å². The lowest BCUT2D eigenvalue weighted by molar-refractivity contribution is 0.102. The first-order chi connectivity index (χ1) is 10.1. The van der Waals surface area contributed by atoms with Crippen LogP contribution in [0.5, 0.6) is 0 Å². The largest absolute Gasteiger partial charge is 0.384 e. The van der Waals surface area contributed by atoms with Crippen molar-refractivity contribution in [2.75, 3.05) is 11.9 Å². The molecule has 1 aromatic carbocycles. The Morgan fingerprint density at radius 2 is 2.24 bits per heavy atom. The fourth-order valence-electron chi connectivity index (χ4n) is 1.70. The molecule has 0 aliphatic carbocycles. The molecule has 0 aliphatic heterocycles. The minimum absolute atomic E-state index is 0.137. The summed E-state index contributed by atoms with van der Waals surface area (Å²) in [7, 11) is 0. The molecule has 1 heterocycles. The Kier molecular flexibility index (Phi) is 4.64. The highest BCUT2D eigenvalue weighted by molar-refractivity contribution is 6.04. The van der Waals surface area contributed by atoms with Crippen LogP contribution in [0.2, 0.25) is 0 Å². The summed E-state index contributed by atoms with van der Waals surface area (Å²) in [5.41, 5.74) is 1.58. The standard InChI is InChI=1S/C16H13FN2O2/c1-11-15(5-2-8-18-11)19-16(21)13-7-6-12(4-3-9-20)14(17)10-13/h2,5-8,10,20H,9H2,1H3,(H,19,21). The first-order valence-corrected chi connectivity index (χ1v) is 6.24. The van der Waals surface area contributed by atoms with Gasteiger partial charge in [0, 0.05) is 11.8 Å². The number of rotatable bonds is 2. The van der Waals surface area contributed by atoms with E-state index in [9.17, 15) is 9.18 Å². The average Bonchev–Trinajstić information content (AvgIpc) is 2.48. The van der Waals surface area contributed by atoms with Gasteiger partial charge in [-0.05, 0) is 37.3 Å². The van der Waals surface area contributed by atoms with E-state index in [1.54, 1.807) is 25.3 Å². The van der Waals surface area contributed by atoms with Crippen molar-refractivity contribution in [1.29, 1.82) is 0 Å². The van der Waals surface area contributed by atoms with Gasteiger partial charge in [0.05, 0.1) is 16.9 Å². The molecule has 0 aliphatic rings. The molecule has 0 spiro atoms. The van der Waals surface area contributed by atoms with E-state index in [2.05, 4.69) is 22.1 Å². The zero-order valence-electron chi connectivity index (χ0n) is 11.4. The van der Waals surface area contributed by atoms with Crippen LogP contribution in [0, 0.1) is 24.6 Å². The molecular weight excluding hydrogens is 271 g/mol. The van der Waals surface area contributed by atoms with Gasteiger partial charge in [0.2, 0.25) is 0 Å². The third-order valence-corrected chi connectivity index (χ3v) is 2.79. The number of carbonyl (C=O) groups is 1. The Morgan fingerprint density at radius 3 is 2.90 bits per heavy atom. The van der Waals surface area contributed by atoms with Gasteiger partial charge in [-0.25, -0.2) is 4.39 Å². The van der Waals surface area contributed by atoms with E-state index in [-0.39, 0.29) is 17.7 Å². The number of hydrogen-bond donors (Lipinski definition) is 2. The molecule has 21 heavy (non-hydrogen) atoms. The summed E-state index contributed by atoms with van der Waals surface area (Å²) in [6.45, 7) is 1.42. The van der Waals surface area contributed by atoms with E-state index in [0.717, 1.165) is 6.07 Å². The number of hydrogen-bond acceptors (Lipinski definition) is 3. The second kappa shape index (κ2) is 6.64. The summed E-state index contributed by atoms with van der Waals surface area (Å²) in [6.07, 6.45) is 1.62. The van der Waals surface area contributed by atoms with Gasteiger partial charge in [0.15, 0.2) is 0 Å². The van der Waals surface area contributed by atoms with Gasteiger partial charge < -0.3 is 10.4 Å².